The molecule has 0 saturated carbocycles. The van der Waals surface area contributed by atoms with Crippen LogP contribution in [0.4, 0.5) is 5.13 Å². The molecule has 1 amide bonds. The van der Waals surface area contributed by atoms with Crippen molar-refractivity contribution in [1.29, 1.82) is 0 Å². The van der Waals surface area contributed by atoms with Crippen LogP contribution in [0, 0.1) is 20.8 Å². The van der Waals surface area contributed by atoms with E-state index in [1.807, 2.05) is 36.6 Å². The maximum absolute atomic E-state index is 13.6. The fourth-order valence-corrected chi connectivity index (χ4v) is 5.79. The van der Waals surface area contributed by atoms with E-state index >= 15 is 0 Å². The van der Waals surface area contributed by atoms with Crippen molar-refractivity contribution in [3.8, 4) is 5.75 Å². The zero-order chi connectivity index (χ0) is 28.7. The van der Waals surface area contributed by atoms with Gasteiger partial charge in [-0.25, -0.2) is 14.8 Å². The molecule has 11 heteroatoms. The van der Waals surface area contributed by atoms with Crippen molar-refractivity contribution in [2.24, 2.45) is 0 Å². The van der Waals surface area contributed by atoms with E-state index in [4.69, 9.17) is 9.47 Å². The van der Waals surface area contributed by atoms with Gasteiger partial charge in [-0.2, -0.15) is 0 Å². The lowest BCUT2D eigenvalue weighted by Crippen LogP contribution is -2.29. The summed E-state index contributed by atoms with van der Waals surface area (Å²) in [6.07, 6.45) is 1.82. The SMILES string of the molecule is CCOC(=O)c1sc(N2C(=O)C(=O)/C(=C(/O)c3nc4c(C)cccn4c3C)C2c2ccc(OCC)cc2)nc1C. The van der Waals surface area contributed by atoms with Crippen molar-refractivity contribution in [2.75, 3.05) is 18.1 Å². The molecule has 0 aliphatic carbocycles. The number of carbonyl (C=O) groups excluding carboxylic acids is 3. The number of hydrogen-bond acceptors (Lipinski definition) is 9. The van der Waals surface area contributed by atoms with Gasteiger partial charge in [0.15, 0.2) is 10.9 Å². The molecule has 0 spiro atoms. The van der Waals surface area contributed by atoms with Gasteiger partial charge in [-0.05, 0) is 63.9 Å². The smallest absolute Gasteiger partial charge is 0.350 e. The number of thiazole rings is 1. The fourth-order valence-electron chi connectivity index (χ4n) is 4.80. The highest BCUT2D eigenvalue weighted by molar-refractivity contribution is 7.17. The maximum atomic E-state index is 13.6. The van der Waals surface area contributed by atoms with Gasteiger partial charge >= 0.3 is 11.9 Å². The molecule has 0 bridgehead atoms. The number of benzene rings is 1. The van der Waals surface area contributed by atoms with Gasteiger partial charge in [-0.15, -0.1) is 0 Å². The first-order chi connectivity index (χ1) is 19.2. The Morgan fingerprint density at radius 3 is 2.42 bits per heavy atom. The molecule has 40 heavy (non-hydrogen) atoms. The van der Waals surface area contributed by atoms with Gasteiger partial charge < -0.3 is 19.0 Å². The summed E-state index contributed by atoms with van der Waals surface area (Å²) < 4.78 is 12.5. The molecule has 1 aliphatic rings. The number of aromatic nitrogens is 3. The molecule has 1 saturated heterocycles. The Morgan fingerprint density at radius 2 is 1.77 bits per heavy atom. The lowest BCUT2D eigenvalue weighted by molar-refractivity contribution is -0.132. The van der Waals surface area contributed by atoms with Gasteiger partial charge in [0, 0.05) is 6.20 Å². The molecule has 3 aromatic heterocycles. The number of fused-ring (bicyclic) bond motifs is 1. The summed E-state index contributed by atoms with van der Waals surface area (Å²) in [6, 6.07) is 9.67. The summed E-state index contributed by atoms with van der Waals surface area (Å²) in [6.45, 7) is 9.54. The number of ketones is 1. The number of anilines is 1. The third-order valence-electron chi connectivity index (χ3n) is 6.71. The summed E-state index contributed by atoms with van der Waals surface area (Å²) in [5.41, 5.74) is 3.13. The van der Waals surface area contributed by atoms with Crippen LogP contribution in [0.2, 0.25) is 0 Å². The van der Waals surface area contributed by atoms with Crippen molar-refractivity contribution in [2.45, 2.75) is 40.7 Å². The van der Waals surface area contributed by atoms with E-state index in [1.54, 1.807) is 45.0 Å². The predicted octanol–water partition coefficient (Wildman–Crippen LogP) is 4.92. The standard InChI is InChI=1S/C29H28N4O6S/c1-6-38-19-12-10-18(11-13-19)22-20(23(34)21-17(5)32-14-8-9-15(3)26(32)31-21)24(35)27(36)33(22)29-30-16(4)25(40-29)28(37)39-7-2/h8-14,22,34H,6-7H2,1-5H3/b23-20+. The van der Waals surface area contributed by atoms with Crippen molar-refractivity contribution >= 4 is 45.5 Å². The molecule has 1 unspecified atom stereocenters. The van der Waals surface area contributed by atoms with Crippen molar-refractivity contribution in [3.63, 3.8) is 0 Å². The Balaban J connectivity index is 1.72. The number of aryl methyl sites for hydroxylation is 3. The van der Waals surface area contributed by atoms with Crippen LogP contribution in [0.15, 0.2) is 48.2 Å². The van der Waals surface area contributed by atoms with Gasteiger partial charge in [0.2, 0.25) is 0 Å². The number of esters is 1. The summed E-state index contributed by atoms with van der Waals surface area (Å²) in [5.74, 6) is -2.09. The number of imidazole rings is 1. The fraction of sp³-hybridized carbons (Fsp3) is 0.276. The molecule has 1 fully saturated rings. The van der Waals surface area contributed by atoms with Crippen LogP contribution in [-0.4, -0.2) is 50.3 Å². The normalized spacial score (nSPS) is 16.6. The summed E-state index contributed by atoms with van der Waals surface area (Å²) in [7, 11) is 0. The second kappa shape index (κ2) is 10.6. The third kappa shape index (κ3) is 4.41. The number of amides is 1. The molecule has 0 radical (unpaired) electrons. The second-order valence-corrected chi connectivity index (χ2v) is 10.2. The number of ether oxygens (including phenoxy) is 2. The monoisotopic (exact) mass is 560 g/mol. The van der Waals surface area contributed by atoms with E-state index in [9.17, 15) is 19.5 Å². The summed E-state index contributed by atoms with van der Waals surface area (Å²) >= 11 is 0.957. The van der Waals surface area contributed by atoms with Crippen molar-refractivity contribution in [3.05, 3.63) is 81.3 Å². The molecule has 206 valence electrons. The van der Waals surface area contributed by atoms with E-state index in [1.165, 1.54) is 4.90 Å². The van der Waals surface area contributed by atoms with Crippen LogP contribution in [0.3, 0.4) is 0 Å². The Morgan fingerprint density at radius 1 is 1.05 bits per heavy atom. The quantitative estimate of drug-likeness (QED) is 0.146. The first-order valence-electron chi connectivity index (χ1n) is 12.8. The molecule has 1 aromatic carbocycles. The zero-order valence-electron chi connectivity index (χ0n) is 22.7. The number of aliphatic hydroxyl groups is 1. The Hall–Kier alpha value is -4.51. The first kappa shape index (κ1) is 27.1. The number of Topliss-reactive ketones (excluding diaryl/α,β-unsaturated/α-hetero) is 1. The molecule has 5 rings (SSSR count). The minimum Gasteiger partial charge on any atom is -0.505 e. The second-order valence-electron chi connectivity index (χ2n) is 9.23. The molecule has 4 aromatic rings. The van der Waals surface area contributed by atoms with E-state index in [0.717, 1.165) is 16.9 Å². The zero-order valence-corrected chi connectivity index (χ0v) is 23.5. The highest BCUT2D eigenvalue weighted by Crippen LogP contribution is 2.44. The molecule has 10 nitrogen and oxygen atoms in total. The number of carbonyl (C=O) groups is 3. The maximum Gasteiger partial charge on any atom is 0.350 e. The van der Waals surface area contributed by atoms with Gasteiger partial charge in [0.05, 0.1) is 36.2 Å². The number of pyridine rings is 1. The lowest BCUT2D eigenvalue weighted by atomic mass is 9.96. The number of rotatable bonds is 7. The van der Waals surface area contributed by atoms with Gasteiger partial charge in [-0.3, -0.25) is 14.5 Å². The Kier molecular flexibility index (Phi) is 7.16. The molecule has 4 heterocycles. The predicted molar refractivity (Wildman–Crippen MR) is 150 cm³/mol. The van der Waals surface area contributed by atoms with Crippen molar-refractivity contribution in [1.82, 2.24) is 14.4 Å². The van der Waals surface area contributed by atoms with Crippen LogP contribution in [0.5, 0.6) is 5.75 Å². The molecular weight excluding hydrogens is 532 g/mol. The van der Waals surface area contributed by atoms with E-state index in [-0.39, 0.29) is 33.6 Å². The minimum atomic E-state index is -1.03. The Bertz CT molecular complexity index is 1680. The molecule has 1 atom stereocenters. The number of nitrogens with zero attached hydrogens (tertiary/aromatic N) is 4. The highest BCUT2D eigenvalue weighted by atomic mass is 32.1. The molecule has 1 aliphatic heterocycles. The van der Waals surface area contributed by atoms with Crippen LogP contribution in [0.1, 0.15) is 57.8 Å². The first-order valence-corrected chi connectivity index (χ1v) is 13.6. The van der Waals surface area contributed by atoms with Crippen LogP contribution in [0.25, 0.3) is 11.4 Å². The topological polar surface area (TPSA) is 123 Å². The average molecular weight is 561 g/mol. The van der Waals surface area contributed by atoms with E-state index in [2.05, 4.69) is 9.97 Å². The highest BCUT2D eigenvalue weighted by Gasteiger charge is 2.49. The van der Waals surface area contributed by atoms with Gasteiger partial charge in [0.25, 0.3) is 5.78 Å². The van der Waals surface area contributed by atoms with E-state index in [0.29, 0.717) is 35.0 Å². The van der Waals surface area contributed by atoms with Crippen LogP contribution >= 0.6 is 11.3 Å². The van der Waals surface area contributed by atoms with Gasteiger partial charge in [0.1, 0.15) is 22.0 Å². The lowest BCUT2D eigenvalue weighted by Gasteiger charge is -2.23. The van der Waals surface area contributed by atoms with Crippen LogP contribution in [-0.2, 0) is 14.3 Å². The average Bonchev–Trinajstić information content (AvgIpc) is 3.57. The largest absolute Gasteiger partial charge is 0.505 e. The summed E-state index contributed by atoms with van der Waals surface area (Å²) in [4.78, 5) is 50.2. The number of hydrogen-bond donors (Lipinski definition) is 1. The van der Waals surface area contributed by atoms with Crippen molar-refractivity contribution < 1.29 is 29.0 Å². The minimum absolute atomic E-state index is 0.121. The molecular formula is C29H28N4O6S. The number of aliphatic hydroxyl groups excluding tert-OH is 1. The van der Waals surface area contributed by atoms with E-state index < -0.39 is 23.7 Å². The third-order valence-corrected chi connectivity index (χ3v) is 7.85. The molecule has 1 N–H and O–H groups in total. The Labute approximate surface area is 234 Å². The van der Waals surface area contributed by atoms with Gasteiger partial charge in [-0.1, -0.05) is 29.5 Å². The summed E-state index contributed by atoms with van der Waals surface area (Å²) in [5, 5.41) is 11.8. The van der Waals surface area contributed by atoms with Crippen LogP contribution < -0.4 is 9.64 Å².